The molecular weight excluding hydrogens is 565 g/mol. The quantitative estimate of drug-likeness (QED) is 0.235. The summed E-state index contributed by atoms with van der Waals surface area (Å²) in [5.74, 6) is -1.47. The molecule has 7 nitrogen and oxygen atoms in total. The van der Waals surface area contributed by atoms with Crippen molar-refractivity contribution in [3.63, 3.8) is 0 Å². The minimum atomic E-state index is -4.29. The van der Waals surface area contributed by atoms with Gasteiger partial charge in [-0.15, -0.1) is 0 Å². The van der Waals surface area contributed by atoms with Crippen molar-refractivity contribution in [2.45, 2.75) is 44.7 Å². The van der Waals surface area contributed by atoms with E-state index < -0.39 is 34.3 Å². The molecule has 224 valence electrons. The minimum absolute atomic E-state index is 0.0894. The summed E-state index contributed by atoms with van der Waals surface area (Å²) in [5.41, 5.74) is 3.88. The molecule has 2 amide bonds. The van der Waals surface area contributed by atoms with Crippen molar-refractivity contribution in [2.75, 3.05) is 17.4 Å². The number of nitrogens with zero attached hydrogens (tertiary/aromatic N) is 2. The second-order valence-corrected chi connectivity index (χ2v) is 12.3. The summed E-state index contributed by atoms with van der Waals surface area (Å²) in [6, 6.07) is 27.3. The summed E-state index contributed by atoms with van der Waals surface area (Å²) < 4.78 is 42.6. The van der Waals surface area contributed by atoms with E-state index in [-0.39, 0.29) is 29.5 Å². The predicted molar refractivity (Wildman–Crippen MR) is 166 cm³/mol. The Bertz CT molecular complexity index is 1630. The zero-order valence-corrected chi connectivity index (χ0v) is 25.4. The molecule has 0 aliphatic heterocycles. The molecule has 0 aromatic heterocycles. The number of hydrogen-bond donors (Lipinski definition) is 1. The lowest BCUT2D eigenvalue weighted by molar-refractivity contribution is -0.140. The van der Waals surface area contributed by atoms with Crippen molar-refractivity contribution >= 4 is 27.5 Å². The molecule has 0 radical (unpaired) electrons. The van der Waals surface area contributed by atoms with E-state index in [1.165, 1.54) is 17.0 Å². The zero-order chi connectivity index (χ0) is 31.0. The normalized spacial score (nSPS) is 11.9. The SMILES string of the molecule is CCNC(=O)[C@H](Cc1ccccc1)N(Cc1ccc(C)cc1)C(=O)CN(c1ccc(C)cc1)S(=O)(=O)c1ccc(F)cc1. The van der Waals surface area contributed by atoms with E-state index in [0.717, 1.165) is 38.7 Å². The number of anilines is 1. The highest BCUT2D eigenvalue weighted by atomic mass is 32.2. The van der Waals surface area contributed by atoms with Gasteiger partial charge in [-0.3, -0.25) is 13.9 Å². The summed E-state index contributed by atoms with van der Waals surface area (Å²) in [6.07, 6.45) is 0.236. The third-order valence-corrected chi connectivity index (χ3v) is 8.89. The van der Waals surface area contributed by atoms with Gasteiger partial charge in [0.2, 0.25) is 11.8 Å². The topological polar surface area (TPSA) is 86.8 Å². The van der Waals surface area contributed by atoms with Crippen molar-refractivity contribution in [2.24, 2.45) is 0 Å². The van der Waals surface area contributed by atoms with Gasteiger partial charge in [-0.25, -0.2) is 12.8 Å². The fraction of sp³-hybridized carbons (Fsp3) is 0.235. The van der Waals surface area contributed by atoms with E-state index in [1.807, 2.05) is 68.4 Å². The van der Waals surface area contributed by atoms with Crippen LogP contribution in [0.25, 0.3) is 0 Å². The smallest absolute Gasteiger partial charge is 0.264 e. The lowest BCUT2D eigenvalue weighted by Crippen LogP contribution is -2.53. The van der Waals surface area contributed by atoms with Crippen LogP contribution < -0.4 is 9.62 Å². The fourth-order valence-corrected chi connectivity index (χ4v) is 6.12. The molecule has 0 saturated heterocycles. The van der Waals surface area contributed by atoms with Crippen LogP contribution >= 0.6 is 0 Å². The number of benzene rings is 4. The molecule has 0 bridgehead atoms. The first kappa shape index (κ1) is 31.4. The third-order valence-electron chi connectivity index (χ3n) is 7.10. The van der Waals surface area contributed by atoms with Crippen LogP contribution in [0, 0.1) is 19.7 Å². The van der Waals surface area contributed by atoms with Crippen LogP contribution in [0.4, 0.5) is 10.1 Å². The van der Waals surface area contributed by atoms with Gasteiger partial charge in [-0.2, -0.15) is 0 Å². The van der Waals surface area contributed by atoms with Crippen molar-refractivity contribution in [1.82, 2.24) is 10.2 Å². The van der Waals surface area contributed by atoms with Crippen LogP contribution in [-0.4, -0.2) is 44.3 Å². The van der Waals surface area contributed by atoms with Gasteiger partial charge >= 0.3 is 0 Å². The predicted octanol–water partition coefficient (Wildman–Crippen LogP) is 5.41. The van der Waals surface area contributed by atoms with Crippen molar-refractivity contribution in [1.29, 1.82) is 0 Å². The number of hydrogen-bond acceptors (Lipinski definition) is 4. The van der Waals surface area contributed by atoms with Crippen molar-refractivity contribution in [3.8, 4) is 0 Å². The number of carbonyl (C=O) groups is 2. The Kier molecular flexibility index (Phi) is 10.3. The molecule has 4 aromatic carbocycles. The molecule has 1 N–H and O–H groups in total. The third kappa shape index (κ3) is 8.08. The van der Waals surface area contributed by atoms with Gasteiger partial charge in [-0.1, -0.05) is 77.9 Å². The summed E-state index contributed by atoms with van der Waals surface area (Å²) in [4.78, 5) is 29.1. The Morgan fingerprint density at radius 2 is 1.37 bits per heavy atom. The molecule has 43 heavy (non-hydrogen) atoms. The molecule has 4 aromatic rings. The number of carbonyl (C=O) groups excluding carboxylic acids is 2. The van der Waals surface area contributed by atoms with E-state index in [0.29, 0.717) is 6.54 Å². The highest BCUT2D eigenvalue weighted by molar-refractivity contribution is 7.92. The Morgan fingerprint density at radius 3 is 1.95 bits per heavy atom. The maximum Gasteiger partial charge on any atom is 0.264 e. The molecule has 0 spiro atoms. The van der Waals surface area contributed by atoms with Crippen LogP contribution in [0.15, 0.2) is 108 Å². The lowest BCUT2D eigenvalue weighted by atomic mass is 10.0. The second kappa shape index (κ2) is 14.1. The first-order chi connectivity index (χ1) is 20.6. The van der Waals surface area contributed by atoms with Gasteiger partial charge in [0.15, 0.2) is 0 Å². The lowest BCUT2D eigenvalue weighted by Gasteiger charge is -2.34. The minimum Gasteiger partial charge on any atom is -0.355 e. The number of likely N-dealkylation sites (N-methyl/N-ethyl adjacent to an activating group) is 1. The Labute approximate surface area is 253 Å². The maximum absolute atomic E-state index is 14.3. The molecule has 0 aliphatic carbocycles. The molecular formula is C34H36FN3O4S. The zero-order valence-electron chi connectivity index (χ0n) is 24.5. The molecule has 4 rings (SSSR count). The van der Waals surface area contributed by atoms with E-state index in [1.54, 1.807) is 31.2 Å². The van der Waals surface area contributed by atoms with Crippen LogP contribution in [0.5, 0.6) is 0 Å². The van der Waals surface area contributed by atoms with Gasteiger partial charge in [0.25, 0.3) is 10.0 Å². The van der Waals surface area contributed by atoms with Gasteiger partial charge < -0.3 is 10.2 Å². The van der Waals surface area contributed by atoms with E-state index >= 15 is 0 Å². The van der Waals surface area contributed by atoms with Crippen LogP contribution in [0.2, 0.25) is 0 Å². The van der Waals surface area contributed by atoms with Crippen LogP contribution in [0.1, 0.15) is 29.2 Å². The average Bonchev–Trinajstić information content (AvgIpc) is 3.00. The first-order valence-corrected chi connectivity index (χ1v) is 15.5. The number of aryl methyl sites for hydroxylation is 2. The molecule has 0 saturated carbocycles. The van der Waals surface area contributed by atoms with Crippen LogP contribution in [0.3, 0.4) is 0 Å². The largest absolute Gasteiger partial charge is 0.355 e. The van der Waals surface area contributed by atoms with Gasteiger partial charge in [0.05, 0.1) is 10.6 Å². The monoisotopic (exact) mass is 601 g/mol. The molecule has 9 heteroatoms. The summed E-state index contributed by atoms with van der Waals surface area (Å²) in [6.45, 7) is 5.52. The molecule has 0 heterocycles. The Balaban J connectivity index is 1.78. The summed E-state index contributed by atoms with van der Waals surface area (Å²) in [5, 5.41) is 2.85. The summed E-state index contributed by atoms with van der Waals surface area (Å²) in [7, 11) is -4.29. The number of nitrogens with one attached hydrogen (secondary N) is 1. The second-order valence-electron chi connectivity index (χ2n) is 10.4. The number of amides is 2. The van der Waals surface area contributed by atoms with E-state index in [2.05, 4.69) is 5.32 Å². The molecule has 0 fully saturated rings. The van der Waals surface area contributed by atoms with E-state index in [9.17, 15) is 22.4 Å². The van der Waals surface area contributed by atoms with Crippen LogP contribution in [-0.2, 0) is 32.6 Å². The Morgan fingerprint density at radius 1 is 0.791 bits per heavy atom. The van der Waals surface area contributed by atoms with E-state index in [4.69, 9.17) is 0 Å². The Hall–Kier alpha value is -4.50. The van der Waals surface area contributed by atoms with Crippen molar-refractivity contribution in [3.05, 3.63) is 131 Å². The number of rotatable bonds is 12. The molecule has 0 aliphatic rings. The first-order valence-electron chi connectivity index (χ1n) is 14.1. The summed E-state index contributed by atoms with van der Waals surface area (Å²) >= 11 is 0. The highest BCUT2D eigenvalue weighted by Crippen LogP contribution is 2.26. The highest BCUT2D eigenvalue weighted by Gasteiger charge is 2.34. The molecule has 1 atom stereocenters. The van der Waals surface area contributed by atoms with Gasteiger partial charge in [-0.05, 0) is 68.3 Å². The fourth-order valence-electron chi connectivity index (χ4n) is 4.71. The van der Waals surface area contributed by atoms with Gasteiger partial charge in [0, 0.05) is 19.5 Å². The van der Waals surface area contributed by atoms with Crippen molar-refractivity contribution < 1.29 is 22.4 Å². The maximum atomic E-state index is 14.3. The number of halogens is 1. The van der Waals surface area contributed by atoms with Gasteiger partial charge in [0.1, 0.15) is 18.4 Å². The molecule has 0 unspecified atom stereocenters. The number of sulfonamides is 1. The standard InChI is InChI=1S/C34H36FN3O4S/c1-4-36-34(40)32(22-27-8-6-5-7-9-27)37(23-28-14-10-25(2)11-15-28)33(39)24-38(30-18-12-26(3)13-19-30)43(41,42)31-20-16-29(35)17-21-31/h5-21,32H,4,22-24H2,1-3H3,(H,36,40)/t32-/m0/s1. The average molecular weight is 602 g/mol.